The Labute approximate surface area is 219 Å². The van der Waals surface area contributed by atoms with E-state index < -0.39 is 17.2 Å². The maximum absolute atomic E-state index is 14.1. The van der Waals surface area contributed by atoms with Crippen molar-refractivity contribution in [2.45, 2.75) is 64.0 Å². The number of carbonyl (C=O) groups excluding carboxylic acids is 2. The van der Waals surface area contributed by atoms with Crippen LogP contribution in [0.5, 0.6) is 5.75 Å². The van der Waals surface area contributed by atoms with Crippen molar-refractivity contribution in [1.82, 2.24) is 9.88 Å². The number of hydrogen-bond acceptors (Lipinski definition) is 4. The van der Waals surface area contributed by atoms with E-state index in [1.807, 2.05) is 35.8 Å². The molecule has 2 aliphatic carbocycles. The van der Waals surface area contributed by atoms with E-state index in [0.29, 0.717) is 17.7 Å². The first-order valence-corrected chi connectivity index (χ1v) is 13.2. The topological polar surface area (TPSA) is 77.4 Å². The molecule has 8 heteroatoms. The normalized spacial score (nSPS) is 19.5. The van der Waals surface area contributed by atoms with Crippen LogP contribution in [0.3, 0.4) is 0 Å². The van der Waals surface area contributed by atoms with Gasteiger partial charge in [0.1, 0.15) is 23.7 Å². The Bertz CT molecular complexity index is 1390. The van der Waals surface area contributed by atoms with Crippen LogP contribution in [0, 0.1) is 18.7 Å². The Kier molecular flexibility index (Phi) is 7.33. The van der Waals surface area contributed by atoms with Crippen LogP contribution in [0.15, 0.2) is 47.4 Å². The van der Waals surface area contributed by atoms with E-state index in [1.54, 1.807) is 6.20 Å². The number of rotatable bonds is 8. The first kappa shape index (κ1) is 25.5. The fourth-order valence-electron chi connectivity index (χ4n) is 5.11. The Morgan fingerprint density at radius 2 is 1.78 bits per heavy atom. The van der Waals surface area contributed by atoms with E-state index >= 15 is 0 Å². The average molecular weight is 525 g/mol. The molecule has 2 aliphatic rings. The lowest BCUT2D eigenvalue weighted by atomic mass is 9.83. The number of benzene rings is 2. The zero-order chi connectivity index (χ0) is 26.1. The van der Waals surface area contributed by atoms with Crippen molar-refractivity contribution < 1.29 is 18.7 Å². The minimum Gasteiger partial charge on any atom is -0.486 e. The van der Waals surface area contributed by atoms with Gasteiger partial charge in [-0.1, -0.05) is 29.3 Å². The molecule has 37 heavy (non-hydrogen) atoms. The third-order valence-electron chi connectivity index (χ3n) is 7.38. The third-order valence-corrected chi connectivity index (χ3v) is 7.67. The van der Waals surface area contributed by atoms with Crippen molar-refractivity contribution in [3.63, 3.8) is 0 Å². The molecule has 0 spiro atoms. The Morgan fingerprint density at radius 3 is 2.46 bits per heavy atom. The summed E-state index contributed by atoms with van der Waals surface area (Å²) in [4.78, 5) is 38.6. The molecule has 0 atom stereocenters. The van der Waals surface area contributed by atoms with Crippen LogP contribution >= 0.6 is 11.6 Å². The van der Waals surface area contributed by atoms with Gasteiger partial charge >= 0.3 is 0 Å². The Hall–Kier alpha value is -3.19. The second kappa shape index (κ2) is 10.7. The van der Waals surface area contributed by atoms with Crippen molar-refractivity contribution >= 4 is 34.2 Å². The zero-order valence-electron chi connectivity index (χ0n) is 20.8. The van der Waals surface area contributed by atoms with E-state index in [0.717, 1.165) is 50.2 Å². The number of nitrogens with one attached hydrogen (secondary N) is 1. The van der Waals surface area contributed by atoms with E-state index in [9.17, 15) is 18.8 Å². The molecule has 5 rings (SSSR count). The van der Waals surface area contributed by atoms with E-state index in [-0.39, 0.29) is 46.4 Å². The Morgan fingerprint density at radius 1 is 1.08 bits per heavy atom. The molecule has 1 heterocycles. The number of aryl methyl sites for hydroxylation is 1. The minimum absolute atomic E-state index is 0.0201. The van der Waals surface area contributed by atoms with Gasteiger partial charge in [-0.15, -0.1) is 0 Å². The number of nitrogens with zero attached hydrogens (tertiary/aromatic N) is 1. The summed E-state index contributed by atoms with van der Waals surface area (Å²) in [7, 11) is 0. The summed E-state index contributed by atoms with van der Waals surface area (Å²) in [6.07, 6.45) is 7.01. The summed E-state index contributed by atoms with van der Waals surface area (Å²) in [5.41, 5.74) is 1.21. The van der Waals surface area contributed by atoms with Crippen LogP contribution in [-0.2, 0) is 4.79 Å². The minimum atomic E-state index is -0.677. The fraction of sp³-hybridized carbons (Fsp3) is 0.414. The first-order chi connectivity index (χ1) is 17.8. The summed E-state index contributed by atoms with van der Waals surface area (Å²) in [6, 6.07) is 10.3. The van der Waals surface area contributed by atoms with Crippen LogP contribution in [-0.4, -0.2) is 28.9 Å². The SMILES string of the molecule is Cc1ccc(OCC(=O)CC2CCC(NC(=O)c3cn(C4CC4)c4cc(Cl)c(F)cc4c3=O)CC2)cc1. The molecular formula is C29H30ClFN2O4. The predicted octanol–water partition coefficient (Wildman–Crippen LogP) is 5.76. The maximum atomic E-state index is 14.1. The monoisotopic (exact) mass is 524 g/mol. The van der Waals surface area contributed by atoms with Crippen molar-refractivity contribution in [3.05, 3.63) is 74.8 Å². The molecule has 0 bridgehead atoms. The quantitative estimate of drug-likeness (QED) is 0.406. The molecule has 2 saturated carbocycles. The number of amides is 1. The van der Waals surface area contributed by atoms with Gasteiger partial charge in [0.05, 0.1) is 10.5 Å². The van der Waals surface area contributed by atoms with Gasteiger partial charge in [-0.25, -0.2) is 4.39 Å². The molecule has 194 valence electrons. The zero-order valence-corrected chi connectivity index (χ0v) is 21.5. The van der Waals surface area contributed by atoms with Gasteiger partial charge < -0.3 is 14.6 Å². The number of Topliss-reactive ketones (excluding diaryl/α,β-unsaturated/α-hetero) is 1. The molecule has 6 nitrogen and oxygen atoms in total. The van der Waals surface area contributed by atoms with Crippen LogP contribution < -0.4 is 15.5 Å². The second-order valence-electron chi connectivity index (χ2n) is 10.3. The standard InChI is InChI=1S/C29H30ClFN2O4/c1-17-2-10-22(11-3-17)37-16-21(34)12-18-4-6-19(7-5-18)32-29(36)24-15-33(20-8-9-20)27-14-25(30)26(31)13-23(27)28(24)35/h2-3,10-11,13-15,18-20H,4-9,12,16H2,1H3,(H,32,36). The lowest BCUT2D eigenvalue weighted by Crippen LogP contribution is -2.40. The number of hydrogen-bond donors (Lipinski definition) is 1. The molecule has 1 aromatic heterocycles. The number of carbonyl (C=O) groups is 2. The van der Waals surface area contributed by atoms with Gasteiger partial charge in [0.15, 0.2) is 5.78 Å². The summed E-state index contributed by atoms with van der Waals surface area (Å²) in [6.45, 7) is 2.05. The maximum Gasteiger partial charge on any atom is 0.256 e. The van der Waals surface area contributed by atoms with Crippen LogP contribution in [0.2, 0.25) is 5.02 Å². The third kappa shape index (κ3) is 5.87. The van der Waals surface area contributed by atoms with Crippen LogP contribution in [0.1, 0.15) is 66.9 Å². The van der Waals surface area contributed by atoms with Gasteiger partial charge in [0.25, 0.3) is 5.91 Å². The number of ketones is 1. The molecule has 0 saturated heterocycles. The highest BCUT2D eigenvalue weighted by Gasteiger charge is 2.29. The number of pyridine rings is 1. The Balaban J connectivity index is 1.18. The average Bonchev–Trinajstić information content (AvgIpc) is 3.72. The molecule has 2 aromatic carbocycles. The van der Waals surface area contributed by atoms with Gasteiger partial charge in [0.2, 0.25) is 5.43 Å². The molecule has 2 fully saturated rings. The number of halogens is 2. The van der Waals surface area contributed by atoms with E-state index in [1.165, 1.54) is 6.07 Å². The van der Waals surface area contributed by atoms with E-state index in [4.69, 9.17) is 16.3 Å². The summed E-state index contributed by atoms with van der Waals surface area (Å²) in [5.74, 6) is -0.114. The summed E-state index contributed by atoms with van der Waals surface area (Å²) >= 11 is 5.96. The number of fused-ring (bicyclic) bond motifs is 1. The van der Waals surface area contributed by atoms with Crippen molar-refractivity contribution in [3.8, 4) is 5.75 Å². The molecule has 0 radical (unpaired) electrons. The molecule has 0 unspecified atom stereocenters. The van der Waals surface area contributed by atoms with Gasteiger partial charge in [-0.05, 0) is 75.6 Å². The highest BCUT2D eigenvalue weighted by Crippen LogP contribution is 2.37. The summed E-state index contributed by atoms with van der Waals surface area (Å²) < 4.78 is 21.6. The fourth-order valence-corrected chi connectivity index (χ4v) is 5.27. The van der Waals surface area contributed by atoms with E-state index in [2.05, 4.69) is 5.32 Å². The first-order valence-electron chi connectivity index (χ1n) is 12.8. The van der Waals surface area contributed by atoms with Crippen molar-refractivity contribution in [1.29, 1.82) is 0 Å². The molecule has 0 aliphatic heterocycles. The largest absolute Gasteiger partial charge is 0.486 e. The lowest BCUT2D eigenvalue weighted by molar-refractivity contribution is -0.122. The summed E-state index contributed by atoms with van der Waals surface area (Å²) in [5, 5.41) is 3.11. The molecule has 3 aromatic rings. The predicted molar refractivity (Wildman–Crippen MR) is 141 cm³/mol. The smallest absolute Gasteiger partial charge is 0.256 e. The van der Waals surface area contributed by atoms with Gasteiger partial charge in [0, 0.05) is 30.1 Å². The highest BCUT2D eigenvalue weighted by atomic mass is 35.5. The van der Waals surface area contributed by atoms with Crippen LogP contribution in [0.4, 0.5) is 4.39 Å². The number of ether oxygens (including phenoxy) is 1. The molecule has 1 N–H and O–H groups in total. The van der Waals surface area contributed by atoms with Crippen LogP contribution in [0.25, 0.3) is 10.9 Å². The van der Waals surface area contributed by atoms with Crippen molar-refractivity contribution in [2.24, 2.45) is 5.92 Å². The molecule has 1 amide bonds. The van der Waals surface area contributed by atoms with Gasteiger partial charge in [-0.2, -0.15) is 0 Å². The second-order valence-corrected chi connectivity index (χ2v) is 10.7. The van der Waals surface area contributed by atoms with Crippen molar-refractivity contribution in [2.75, 3.05) is 6.61 Å². The van der Waals surface area contributed by atoms with Gasteiger partial charge in [-0.3, -0.25) is 14.4 Å². The molecular weight excluding hydrogens is 495 g/mol. The highest BCUT2D eigenvalue weighted by molar-refractivity contribution is 6.31. The number of aromatic nitrogens is 1. The lowest BCUT2D eigenvalue weighted by Gasteiger charge is -2.29.